The fourth-order valence-corrected chi connectivity index (χ4v) is 3.99. The molecule has 0 N–H and O–H groups in total. The standard InChI is InChI=1S/C24H25N/c1-4-24(3,5-2)20-14-8-11-17-23(20)25-21-15-9-6-12-18(21)19-13-7-10-16-22(19)25/h6-17H,4-5H2,1-3H3. The average molecular weight is 327 g/mol. The molecule has 0 amide bonds. The molecule has 25 heavy (non-hydrogen) atoms. The molecule has 0 atom stereocenters. The Kier molecular flexibility index (Phi) is 3.88. The first kappa shape index (κ1) is 16.0. The minimum absolute atomic E-state index is 0.184. The number of nitrogens with zero attached hydrogens (tertiary/aromatic N) is 1. The number of aromatic nitrogens is 1. The maximum absolute atomic E-state index is 2.45. The van der Waals surface area contributed by atoms with Gasteiger partial charge in [-0.15, -0.1) is 0 Å². The van der Waals surface area contributed by atoms with Gasteiger partial charge in [0.15, 0.2) is 0 Å². The van der Waals surface area contributed by atoms with E-state index >= 15 is 0 Å². The van der Waals surface area contributed by atoms with Gasteiger partial charge >= 0.3 is 0 Å². The molecule has 0 fully saturated rings. The molecule has 1 heteroatoms. The molecule has 0 aliphatic heterocycles. The lowest BCUT2D eigenvalue weighted by atomic mass is 9.77. The Morgan fingerprint density at radius 1 is 0.680 bits per heavy atom. The van der Waals surface area contributed by atoms with E-state index in [9.17, 15) is 0 Å². The molecule has 1 nitrogen and oxygen atoms in total. The fourth-order valence-electron chi connectivity index (χ4n) is 3.99. The van der Waals surface area contributed by atoms with E-state index in [1.807, 2.05) is 0 Å². The van der Waals surface area contributed by atoms with Crippen LogP contribution < -0.4 is 0 Å². The highest BCUT2D eigenvalue weighted by molar-refractivity contribution is 6.09. The quantitative estimate of drug-likeness (QED) is 0.386. The first-order chi connectivity index (χ1) is 12.2. The minimum Gasteiger partial charge on any atom is -0.309 e. The predicted molar refractivity (Wildman–Crippen MR) is 109 cm³/mol. The molecule has 0 saturated carbocycles. The minimum atomic E-state index is 0.184. The summed E-state index contributed by atoms with van der Waals surface area (Å²) in [4.78, 5) is 0. The Morgan fingerprint density at radius 2 is 1.16 bits per heavy atom. The number of hydrogen-bond donors (Lipinski definition) is 0. The maximum Gasteiger partial charge on any atom is 0.0541 e. The number of benzene rings is 3. The molecule has 1 aromatic heterocycles. The lowest BCUT2D eigenvalue weighted by Crippen LogP contribution is -2.22. The molecular formula is C24H25N. The normalized spacial score (nSPS) is 12.1. The summed E-state index contributed by atoms with van der Waals surface area (Å²) in [6, 6.07) is 26.4. The van der Waals surface area contributed by atoms with Crippen LogP contribution in [0, 0.1) is 0 Å². The molecular weight excluding hydrogens is 302 g/mol. The second-order valence-corrected chi connectivity index (χ2v) is 7.15. The highest BCUT2D eigenvalue weighted by Crippen LogP contribution is 2.39. The molecule has 0 unspecified atom stereocenters. The van der Waals surface area contributed by atoms with Gasteiger partial charge < -0.3 is 4.57 Å². The van der Waals surface area contributed by atoms with E-state index in [1.54, 1.807) is 0 Å². The van der Waals surface area contributed by atoms with Crippen molar-refractivity contribution in [2.75, 3.05) is 0 Å². The van der Waals surface area contributed by atoms with Gasteiger partial charge in [-0.2, -0.15) is 0 Å². The number of rotatable bonds is 4. The van der Waals surface area contributed by atoms with Gasteiger partial charge in [-0.25, -0.2) is 0 Å². The lowest BCUT2D eigenvalue weighted by Gasteiger charge is -2.30. The van der Waals surface area contributed by atoms with Crippen molar-refractivity contribution in [3.63, 3.8) is 0 Å². The molecule has 4 aromatic rings. The Balaban J connectivity index is 2.13. The monoisotopic (exact) mass is 327 g/mol. The van der Waals surface area contributed by atoms with Gasteiger partial charge in [0.05, 0.1) is 11.0 Å². The highest BCUT2D eigenvalue weighted by Gasteiger charge is 2.26. The highest BCUT2D eigenvalue weighted by atomic mass is 15.0. The van der Waals surface area contributed by atoms with E-state index in [-0.39, 0.29) is 5.41 Å². The van der Waals surface area contributed by atoms with Gasteiger partial charge in [-0.1, -0.05) is 75.4 Å². The topological polar surface area (TPSA) is 4.93 Å². The molecule has 0 saturated heterocycles. The second-order valence-electron chi connectivity index (χ2n) is 7.15. The van der Waals surface area contributed by atoms with Crippen molar-refractivity contribution >= 4 is 21.8 Å². The Labute approximate surface area is 149 Å². The Hall–Kier alpha value is -2.54. The Morgan fingerprint density at radius 3 is 1.72 bits per heavy atom. The fraction of sp³-hybridized carbons (Fsp3) is 0.250. The zero-order valence-corrected chi connectivity index (χ0v) is 15.3. The summed E-state index contributed by atoms with van der Waals surface area (Å²) in [7, 11) is 0. The van der Waals surface area contributed by atoms with Crippen molar-refractivity contribution in [2.45, 2.75) is 39.0 Å². The molecule has 1 heterocycles. The SMILES string of the molecule is CCC(C)(CC)c1ccccc1-n1c2ccccc2c2ccccc21. The third-order valence-electron chi connectivity index (χ3n) is 5.94. The summed E-state index contributed by atoms with van der Waals surface area (Å²) in [6.07, 6.45) is 2.27. The van der Waals surface area contributed by atoms with E-state index in [4.69, 9.17) is 0 Å². The van der Waals surface area contributed by atoms with E-state index in [0.29, 0.717) is 0 Å². The van der Waals surface area contributed by atoms with E-state index in [1.165, 1.54) is 33.1 Å². The maximum atomic E-state index is 2.45. The van der Waals surface area contributed by atoms with Crippen LogP contribution in [0.4, 0.5) is 0 Å². The van der Waals surface area contributed by atoms with Crippen molar-refractivity contribution < 1.29 is 0 Å². The van der Waals surface area contributed by atoms with Crippen molar-refractivity contribution in [1.29, 1.82) is 0 Å². The predicted octanol–water partition coefficient (Wildman–Crippen LogP) is 6.86. The second kappa shape index (κ2) is 6.07. The average Bonchev–Trinajstić information content (AvgIpc) is 3.02. The van der Waals surface area contributed by atoms with Crippen molar-refractivity contribution in [3.8, 4) is 5.69 Å². The van der Waals surface area contributed by atoms with Gasteiger partial charge in [0, 0.05) is 16.5 Å². The van der Waals surface area contributed by atoms with Crippen LogP contribution in [-0.2, 0) is 5.41 Å². The lowest BCUT2D eigenvalue weighted by molar-refractivity contribution is 0.438. The summed E-state index contributed by atoms with van der Waals surface area (Å²) in [5.74, 6) is 0. The molecule has 126 valence electrons. The molecule has 0 bridgehead atoms. The first-order valence-electron chi connectivity index (χ1n) is 9.27. The van der Waals surface area contributed by atoms with Gasteiger partial charge in [-0.05, 0) is 42.0 Å². The molecule has 3 aromatic carbocycles. The van der Waals surface area contributed by atoms with Gasteiger partial charge in [0.2, 0.25) is 0 Å². The first-order valence-corrected chi connectivity index (χ1v) is 9.27. The molecule has 0 aliphatic carbocycles. The van der Waals surface area contributed by atoms with Crippen molar-refractivity contribution in [1.82, 2.24) is 4.57 Å². The summed E-state index contributed by atoms with van der Waals surface area (Å²) in [5, 5.41) is 2.64. The molecule has 4 rings (SSSR count). The summed E-state index contributed by atoms with van der Waals surface area (Å²) in [6.45, 7) is 6.98. The van der Waals surface area contributed by atoms with Crippen LogP contribution in [0.25, 0.3) is 27.5 Å². The van der Waals surface area contributed by atoms with Crippen LogP contribution >= 0.6 is 0 Å². The number of hydrogen-bond acceptors (Lipinski definition) is 0. The van der Waals surface area contributed by atoms with Gasteiger partial charge in [0.25, 0.3) is 0 Å². The third kappa shape index (κ3) is 2.38. The molecule has 0 aliphatic rings. The summed E-state index contributed by atoms with van der Waals surface area (Å²) in [5.41, 5.74) is 5.50. The zero-order chi connectivity index (χ0) is 17.4. The van der Waals surface area contributed by atoms with Crippen molar-refractivity contribution in [2.24, 2.45) is 0 Å². The molecule has 0 spiro atoms. The van der Waals surface area contributed by atoms with Gasteiger partial charge in [-0.3, -0.25) is 0 Å². The van der Waals surface area contributed by atoms with Crippen LogP contribution in [-0.4, -0.2) is 4.57 Å². The molecule has 0 radical (unpaired) electrons. The van der Waals surface area contributed by atoms with Crippen LogP contribution in [0.2, 0.25) is 0 Å². The van der Waals surface area contributed by atoms with E-state index in [2.05, 4.69) is 98.1 Å². The smallest absolute Gasteiger partial charge is 0.0541 e. The number of para-hydroxylation sites is 3. The van der Waals surface area contributed by atoms with E-state index in [0.717, 1.165) is 12.8 Å². The van der Waals surface area contributed by atoms with E-state index < -0.39 is 0 Å². The third-order valence-corrected chi connectivity index (χ3v) is 5.94. The zero-order valence-electron chi connectivity index (χ0n) is 15.3. The summed E-state index contributed by atoms with van der Waals surface area (Å²) >= 11 is 0. The largest absolute Gasteiger partial charge is 0.309 e. The van der Waals surface area contributed by atoms with Crippen LogP contribution in [0.15, 0.2) is 72.8 Å². The van der Waals surface area contributed by atoms with Crippen LogP contribution in [0.3, 0.4) is 0 Å². The summed E-state index contributed by atoms with van der Waals surface area (Å²) < 4.78 is 2.45. The number of fused-ring (bicyclic) bond motifs is 3. The Bertz CT molecular complexity index is 981. The van der Waals surface area contributed by atoms with Crippen LogP contribution in [0.1, 0.15) is 39.2 Å². The van der Waals surface area contributed by atoms with Crippen molar-refractivity contribution in [3.05, 3.63) is 78.4 Å². The van der Waals surface area contributed by atoms with Crippen LogP contribution in [0.5, 0.6) is 0 Å². The van der Waals surface area contributed by atoms with Gasteiger partial charge in [0.1, 0.15) is 0 Å².